The van der Waals surface area contributed by atoms with Crippen LogP contribution in [0, 0.1) is 5.82 Å². The molecule has 3 amide bonds. The molecule has 0 aliphatic rings. The largest absolute Gasteiger partial charge is 0.368 e. The fourth-order valence-corrected chi connectivity index (χ4v) is 3.54. The predicted molar refractivity (Wildman–Crippen MR) is 115 cm³/mol. The van der Waals surface area contributed by atoms with Crippen LogP contribution in [0.1, 0.15) is 15.2 Å². The number of primary amides is 1. The van der Waals surface area contributed by atoms with Gasteiger partial charge < -0.3 is 16.4 Å². The number of carbonyl (C=O) groups excluding carboxylic acids is 3. The van der Waals surface area contributed by atoms with E-state index in [0.717, 1.165) is 9.75 Å². The van der Waals surface area contributed by atoms with Crippen LogP contribution < -0.4 is 16.4 Å². The summed E-state index contributed by atoms with van der Waals surface area (Å²) < 4.78 is 13.9. The number of thiophene rings is 1. The first-order valence-electron chi connectivity index (χ1n) is 8.93. The average molecular weight is 423 g/mol. The predicted octanol–water partition coefficient (Wildman–Crippen LogP) is 3.42. The highest BCUT2D eigenvalue weighted by Gasteiger charge is 2.09. The zero-order chi connectivity index (χ0) is 21.5. The molecule has 0 fully saturated rings. The van der Waals surface area contributed by atoms with Gasteiger partial charge in [-0.05, 0) is 42.5 Å². The number of rotatable bonds is 7. The van der Waals surface area contributed by atoms with E-state index in [1.807, 2.05) is 0 Å². The second-order valence-electron chi connectivity index (χ2n) is 6.23. The van der Waals surface area contributed by atoms with Gasteiger partial charge in [0.1, 0.15) is 5.82 Å². The van der Waals surface area contributed by atoms with Crippen molar-refractivity contribution in [2.24, 2.45) is 5.73 Å². The lowest BCUT2D eigenvalue weighted by atomic mass is 10.2. The summed E-state index contributed by atoms with van der Waals surface area (Å²) in [6, 6.07) is 16.4. The van der Waals surface area contributed by atoms with Crippen LogP contribution in [-0.4, -0.2) is 24.3 Å². The van der Waals surface area contributed by atoms with Gasteiger partial charge in [0, 0.05) is 32.6 Å². The van der Waals surface area contributed by atoms with Crippen LogP contribution >= 0.6 is 11.3 Å². The minimum absolute atomic E-state index is 0.270. The summed E-state index contributed by atoms with van der Waals surface area (Å²) in [6.45, 7) is -0.270. The highest BCUT2D eigenvalue weighted by molar-refractivity contribution is 7.16. The molecule has 152 valence electrons. The first kappa shape index (κ1) is 20.9. The van der Waals surface area contributed by atoms with Crippen molar-refractivity contribution in [1.29, 1.82) is 0 Å². The smallest absolute Gasteiger partial charge is 0.251 e. The number of anilines is 1. The Morgan fingerprint density at radius 3 is 2.60 bits per heavy atom. The van der Waals surface area contributed by atoms with Gasteiger partial charge in [0.25, 0.3) is 5.91 Å². The Kier molecular flexibility index (Phi) is 6.71. The first-order chi connectivity index (χ1) is 14.4. The van der Waals surface area contributed by atoms with E-state index in [2.05, 4.69) is 10.6 Å². The van der Waals surface area contributed by atoms with Crippen LogP contribution in [0.15, 0.2) is 66.7 Å². The lowest BCUT2D eigenvalue weighted by molar-refractivity contribution is -0.117. The molecule has 1 aromatic heterocycles. The normalized spacial score (nSPS) is 10.7. The van der Waals surface area contributed by atoms with E-state index in [0.29, 0.717) is 11.3 Å². The van der Waals surface area contributed by atoms with Crippen LogP contribution in [0.2, 0.25) is 0 Å². The summed E-state index contributed by atoms with van der Waals surface area (Å²) in [5.74, 6) is -1.80. The molecule has 2 aromatic carbocycles. The number of hydrogen-bond acceptors (Lipinski definition) is 4. The number of nitrogens with two attached hydrogens (primary N) is 1. The Balaban J connectivity index is 1.63. The highest BCUT2D eigenvalue weighted by Crippen LogP contribution is 2.30. The van der Waals surface area contributed by atoms with Crippen LogP contribution in [0.5, 0.6) is 0 Å². The summed E-state index contributed by atoms with van der Waals surface area (Å²) in [7, 11) is 0. The summed E-state index contributed by atoms with van der Waals surface area (Å²) in [6.07, 6.45) is 2.99. The molecule has 0 atom stereocenters. The van der Waals surface area contributed by atoms with Gasteiger partial charge in [-0.25, -0.2) is 4.39 Å². The Morgan fingerprint density at radius 1 is 1.03 bits per heavy atom. The van der Waals surface area contributed by atoms with Crippen molar-refractivity contribution >= 4 is 40.8 Å². The molecule has 0 unspecified atom stereocenters. The lowest BCUT2D eigenvalue weighted by Gasteiger charge is -2.06. The standard InChI is InChI=1S/C22H18FN3O3S/c23-18-7-2-1-6-17(18)19-10-8-16(30-19)9-11-21(28)26-15-5-3-4-14(12-15)22(29)25-13-20(24)27/h1-12H,13H2,(H2,24,27)(H,25,29)(H,26,28)/b11-9+. The first-order valence-corrected chi connectivity index (χ1v) is 9.74. The van der Waals surface area contributed by atoms with Crippen molar-refractivity contribution in [2.45, 2.75) is 0 Å². The van der Waals surface area contributed by atoms with Gasteiger partial charge in [-0.15, -0.1) is 11.3 Å². The second kappa shape index (κ2) is 9.62. The molecule has 3 aromatic rings. The third kappa shape index (κ3) is 5.62. The Morgan fingerprint density at radius 2 is 1.83 bits per heavy atom. The van der Waals surface area contributed by atoms with E-state index in [1.165, 1.54) is 29.5 Å². The van der Waals surface area contributed by atoms with Crippen molar-refractivity contribution in [3.63, 3.8) is 0 Å². The van der Waals surface area contributed by atoms with Crippen LogP contribution in [-0.2, 0) is 9.59 Å². The van der Waals surface area contributed by atoms with Crippen molar-refractivity contribution in [3.8, 4) is 10.4 Å². The zero-order valence-corrected chi connectivity index (χ0v) is 16.5. The molecule has 0 radical (unpaired) electrons. The zero-order valence-electron chi connectivity index (χ0n) is 15.7. The van der Waals surface area contributed by atoms with E-state index in [4.69, 9.17) is 5.73 Å². The van der Waals surface area contributed by atoms with E-state index in [9.17, 15) is 18.8 Å². The van der Waals surface area contributed by atoms with Crippen molar-refractivity contribution in [3.05, 3.63) is 83.0 Å². The molecular formula is C22H18FN3O3S. The average Bonchev–Trinajstić information content (AvgIpc) is 3.20. The van der Waals surface area contributed by atoms with E-state index in [1.54, 1.807) is 54.6 Å². The molecule has 1 heterocycles. The van der Waals surface area contributed by atoms with Gasteiger partial charge in [-0.1, -0.05) is 24.3 Å². The molecule has 0 aliphatic carbocycles. The molecule has 4 N–H and O–H groups in total. The molecule has 6 nitrogen and oxygen atoms in total. The number of hydrogen-bond donors (Lipinski definition) is 3. The second-order valence-corrected chi connectivity index (χ2v) is 7.35. The topological polar surface area (TPSA) is 101 Å². The SMILES string of the molecule is NC(=O)CNC(=O)c1cccc(NC(=O)/C=C/c2ccc(-c3ccccc3F)s2)c1. The lowest BCUT2D eigenvalue weighted by Crippen LogP contribution is -2.33. The fraction of sp³-hybridized carbons (Fsp3) is 0.0455. The highest BCUT2D eigenvalue weighted by atomic mass is 32.1. The maximum atomic E-state index is 13.9. The van der Waals surface area contributed by atoms with Crippen molar-refractivity contribution in [2.75, 3.05) is 11.9 Å². The van der Waals surface area contributed by atoms with Gasteiger partial charge in [-0.2, -0.15) is 0 Å². The van der Waals surface area contributed by atoms with Crippen LogP contribution in [0.3, 0.4) is 0 Å². The van der Waals surface area contributed by atoms with Gasteiger partial charge in [-0.3, -0.25) is 14.4 Å². The van der Waals surface area contributed by atoms with E-state index in [-0.39, 0.29) is 23.8 Å². The van der Waals surface area contributed by atoms with Gasteiger partial charge in [0.05, 0.1) is 6.54 Å². The Bertz CT molecular complexity index is 1120. The fourth-order valence-electron chi connectivity index (χ4n) is 2.60. The third-order valence-corrected chi connectivity index (χ3v) is 5.06. The number of halogens is 1. The minimum atomic E-state index is -0.648. The quantitative estimate of drug-likeness (QED) is 0.508. The summed E-state index contributed by atoms with van der Waals surface area (Å²) in [4.78, 5) is 36.5. The molecule has 0 saturated heterocycles. The number of nitrogens with one attached hydrogen (secondary N) is 2. The number of carbonyl (C=O) groups is 3. The number of amides is 3. The van der Waals surface area contributed by atoms with E-state index < -0.39 is 11.8 Å². The summed E-state index contributed by atoms with van der Waals surface area (Å²) >= 11 is 1.37. The van der Waals surface area contributed by atoms with Crippen molar-refractivity contribution < 1.29 is 18.8 Å². The summed E-state index contributed by atoms with van der Waals surface area (Å²) in [5, 5.41) is 5.05. The van der Waals surface area contributed by atoms with Gasteiger partial charge in [0.15, 0.2) is 0 Å². The van der Waals surface area contributed by atoms with Gasteiger partial charge in [0.2, 0.25) is 11.8 Å². The molecule has 0 saturated carbocycles. The molecule has 30 heavy (non-hydrogen) atoms. The van der Waals surface area contributed by atoms with E-state index >= 15 is 0 Å². The molecular weight excluding hydrogens is 405 g/mol. The van der Waals surface area contributed by atoms with Crippen LogP contribution in [0.4, 0.5) is 10.1 Å². The number of benzene rings is 2. The summed E-state index contributed by atoms with van der Waals surface area (Å²) in [5.41, 5.74) is 6.22. The maximum Gasteiger partial charge on any atom is 0.251 e. The monoisotopic (exact) mass is 423 g/mol. The third-order valence-electron chi connectivity index (χ3n) is 3.98. The molecule has 8 heteroatoms. The van der Waals surface area contributed by atoms with Crippen LogP contribution in [0.25, 0.3) is 16.5 Å². The molecule has 3 rings (SSSR count). The minimum Gasteiger partial charge on any atom is -0.368 e. The maximum absolute atomic E-state index is 13.9. The molecule has 0 spiro atoms. The molecule has 0 aliphatic heterocycles. The van der Waals surface area contributed by atoms with Gasteiger partial charge >= 0.3 is 0 Å². The Labute approximate surface area is 176 Å². The van der Waals surface area contributed by atoms with Crippen molar-refractivity contribution in [1.82, 2.24) is 5.32 Å². The Hall–Kier alpha value is -3.78. The molecule has 0 bridgehead atoms.